The van der Waals surface area contributed by atoms with Crippen molar-refractivity contribution >= 4 is 22.6 Å². The molecular formula is C18H19FN4O. The van der Waals surface area contributed by atoms with Crippen molar-refractivity contribution in [3.63, 3.8) is 0 Å². The second-order valence-corrected chi connectivity index (χ2v) is 6.73. The number of halogens is 1. The van der Waals surface area contributed by atoms with E-state index in [0.29, 0.717) is 17.7 Å². The van der Waals surface area contributed by atoms with E-state index in [1.54, 1.807) is 0 Å². The van der Waals surface area contributed by atoms with Crippen molar-refractivity contribution in [1.29, 1.82) is 0 Å². The van der Waals surface area contributed by atoms with Crippen molar-refractivity contribution in [1.82, 2.24) is 15.0 Å². The van der Waals surface area contributed by atoms with Gasteiger partial charge in [-0.25, -0.2) is 9.07 Å². The zero-order valence-electron chi connectivity index (χ0n) is 13.9. The molecule has 0 radical (unpaired) electrons. The molecule has 0 atom stereocenters. The first-order valence-electron chi connectivity index (χ1n) is 7.73. The molecule has 0 fully saturated rings. The van der Waals surface area contributed by atoms with Gasteiger partial charge in [0.05, 0.1) is 12.2 Å². The molecule has 3 aromatic rings. The molecule has 1 heterocycles. The summed E-state index contributed by atoms with van der Waals surface area (Å²) in [6.45, 7) is 5.85. The number of nitrogens with one attached hydrogen (secondary N) is 1. The molecule has 0 aliphatic rings. The molecule has 0 bridgehead atoms. The Bertz CT molecular complexity index is 881. The molecule has 1 N–H and O–H groups in total. The highest BCUT2D eigenvalue weighted by molar-refractivity contribution is 6.01. The number of amides is 1. The van der Waals surface area contributed by atoms with Crippen LogP contribution in [0.1, 0.15) is 26.3 Å². The van der Waals surface area contributed by atoms with Crippen molar-refractivity contribution in [2.45, 2.75) is 27.3 Å². The zero-order valence-corrected chi connectivity index (χ0v) is 13.9. The van der Waals surface area contributed by atoms with Crippen molar-refractivity contribution < 1.29 is 9.18 Å². The summed E-state index contributed by atoms with van der Waals surface area (Å²) < 4.78 is 15.8. The van der Waals surface area contributed by atoms with E-state index in [9.17, 15) is 9.18 Å². The predicted molar refractivity (Wildman–Crippen MR) is 91.1 cm³/mol. The fourth-order valence-electron chi connectivity index (χ4n) is 2.32. The molecule has 0 spiro atoms. The standard InChI is InChI=1S/C18H19FN4O/c1-18(2,3)17(24)20-14-10-9-13(19)16-15(14)21-22-23(16)11-12-7-5-4-6-8-12/h4-10H,11H2,1-3H3,(H,20,24). The number of benzene rings is 2. The minimum atomic E-state index is -0.555. The summed E-state index contributed by atoms with van der Waals surface area (Å²) >= 11 is 0. The van der Waals surface area contributed by atoms with Gasteiger partial charge in [0.25, 0.3) is 0 Å². The third-order valence-corrected chi connectivity index (χ3v) is 3.72. The number of aromatic nitrogens is 3. The van der Waals surface area contributed by atoms with Crippen LogP contribution < -0.4 is 5.32 Å². The molecular weight excluding hydrogens is 307 g/mol. The van der Waals surface area contributed by atoms with Crippen LogP contribution in [0.15, 0.2) is 42.5 Å². The van der Waals surface area contributed by atoms with E-state index in [1.807, 2.05) is 51.1 Å². The van der Waals surface area contributed by atoms with E-state index >= 15 is 0 Å². The highest BCUT2D eigenvalue weighted by Crippen LogP contribution is 2.26. The van der Waals surface area contributed by atoms with Crippen LogP contribution in [-0.4, -0.2) is 20.9 Å². The molecule has 3 rings (SSSR count). The Morgan fingerprint density at radius 1 is 1.17 bits per heavy atom. The third-order valence-electron chi connectivity index (χ3n) is 3.72. The van der Waals surface area contributed by atoms with Gasteiger partial charge in [0.1, 0.15) is 11.0 Å². The van der Waals surface area contributed by atoms with Crippen LogP contribution in [-0.2, 0) is 11.3 Å². The highest BCUT2D eigenvalue weighted by Gasteiger charge is 2.23. The second kappa shape index (κ2) is 6.03. The van der Waals surface area contributed by atoms with Gasteiger partial charge in [0, 0.05) is 5.41 Å². The lowest BCUT2D eigenvalue weighted by atomic mass is 9.95. The number of carbonyl (C=O) groups excluding carboxylic acids is 1. The maximum atomic E-state index is 14.3. The van der Waals surface area contributed by atoms with E-state index in [4.69, 9.17) is 0 Å². The summed E-state index contributed by atoms with van der Waals surface area (Å²) in [5.74, 6) is -0.576. The van der Waals surface area contributed by atoms with Gasteiger partial charge in [-0.15, -0.1) is 5.10 Å². The Kier molecular flexibility index (Phi) is 4.05. The molecule has 0 aliphatic carbocycles. The Balaban J connectivity index is 2.00. The lowest BCUT2D eigenvalue weighted by molar-refractivity contribution is -0.123. The molecule has 0 saturated carbocycles. The number of carbonyl (C=O) groups is 1. The second-order valence-electron chi connectivity index (χ2n) is 6.73. The molecule has 0 aliphatic heterocycles. The van der Waals surface area contributed by atoms with E-state index in [-0.39, 0.29) is 11.4 Å². The minimum Gasteiger partial charge on any atom is -0.324 e. The van der Waals surface area contributed by atoms with Gasteiger partial charge in [-0.05, 0) is 17.7 Å². The number of rotatable bonds is 3. The van der Waals surface area contributed by atoms with E-state index in [1.165, 1.54) is 16.8 Å². The van der Waals surface area contributed by atoms with Crippen LogP contribution in [0.5, 0.6) is 0 Å². The number of fused-ring (bicyclic) bond motifs is 1. The van der Waals surface area contributed by atoms with E-state index < -0.39 is 11.2 Å². The maximum Gasteiger partial charge on any atom is 0.229 e. The van der Waals surface area contributed by atoms with Crippen LogP contribution in [0, 0.1) is 11.2 Å². The van der Waals surface area contributed by atoms with Gasteiger partial charge in [-0.2, -0.15) is 0 Å². The van der Waals surface area contributed by atoms with Crippen LogP contribution in [0.3, 0.4) is 0 Å². The highest BCUT2D eigenvalue weighted by atomic mass is 19.1. The summed E-state index contributed by atoms with van der Waals surface area (Å²) in [7, 11) is 0. The van der Waals surface area contributed by atoms with Crippen LogP contribution in [0.2, 0.25) is 0 Å². The fraction of sp³-hybridized carbons (Fsp3) is 0.278. The van der Waals surface area contributed by atoms with Crippen LogP contribution in [0.4, 0.5) is 10.1 Å². The third kappa shape index (κ3) is 3.13. The van der Waals surface area contributed by atoms with Gasteiger partial charge in [0.15, 0.2) is 5.82 Å². The summed E-state index contributed by atoms with van der Waals surface area (Å²) in [5, 5.41) is 10.9. The molecule has 2 aromatic carbocycles. The molecule has 1 amide bonds. The first kappa shape index (κ1) is 16.1. The van der Waals surface area contributed by atoms with E-state index in [0.717, 1.165) is 5.56 Å². The molecule has 0 saturated heterocycles. The molecule has 5 nitrogen and oxygen atoms in total. The monoisotopic (exact) mass is 326 g/mol. The van der Waals surface area contributed by atoms with Crippen molar-refractivity contribution in [3.8, 4) is 0 Å². The Morgan fingerprint density at radius 3 is 2.54 bits per heavy atom. The number of hydrogen-bond acceptors (Lipinski definition) is 3. The van der Waals surface area contributed by atoms with Gasteiger partial charge >= 0.3 is 0 Å². The molecule has 124 valence electrons. The number of anilines is 1. The quantitative estimate of drug-likeness (QED) is 0.800. The lowest BCUT2D eigenvalue weighted by Crippen LogP contribution is -2.27. The molecule has 1 aromatic heterocycles. The van der Waals surface area contributed by atoms with Crippen molar-refractivity contribution in [3.05, 3.63) is 53.8 Å². The summed E-state index contributed by atoms with van der Waals surface area (Å²) in [6.07, 6.45) is 0. The lowest BCUT2D eigenvalue weighted by Gasteiger charge is -2.17. The normalized spacial score (nSPS) is 11.7. The SMILES string of the molecule is CC(C)(C)C(=O)Nc1ccc(F)c2c1nnn2Cc1ccccc1. The fourth-order valence-corrected chi connectivity index (χ4v) is 2.32. The average molecular weight is 326 g/mol. The first-order chi connectivity index (χ1) is 11.4. The van der Waals surface area contributed by atoms with Crippen LogP contribution in [0.25, 0.3) is 11.0 Å². The van der Waals surface area contributed by atoms with Gasteiger partial charge in [-0.3, -0.25) is 4.79 Å². The Morgan fingerprint density at radius 2 is 1.88 bits per heavy atom. The smallest absolute Gasteiger partial charge is 0.229 e. The first-order valence-corrected chi connectivity index (χ1v) is 7.73. The minimum absolute atomic E-state index is 0.159. The van der Waals surface area contributed by atoms with Crippen LogP contribution >= 0.6 is 0 Å². The molecule has 6 heteroatoms. The zero-order chi connectivity index (χ0) is 17.3. The largest absolute Gasteiger partial charge is 0.324 e. The van der Waals surface area contributed by atoms with Gasteiger partial charge in [-0.1, -0.05) is 56.3 Å². The topological polar surface area (TPSA) is 59.8 Å². The summed E-state index contributed by atoms with van der Waals surface area (Å²) in [6, 6.07) is 12.5. The van der Waals surface area contributed by atoms with Crippen molar-refractivity contribution in [2.24, 2.45) is 5.41 Å². The van der Waals surface area contributed by atoms with Crippen molar-refractivity contribution in [2.75, 3.05) is 5.32 Å². The molecule has 0 unspecified atom stereocenters. The maximum absolute atomic E-state index is 14.3. The summed E-state index contributed by atoms with van der Waals surface area (Å²) in [4.78, 5) is 12.2. The summed E-state index contributed by atoms with van der Waals surface area (Å²) in [5.41, 5.74) is 1.54. The Labute approximate surface area is 139 Å². The van der Waals surface area contributed by atoms with Gasteiger partial charge in [0.2, 0.25) is 5.91 Å². The number of hydrogen-bond donors (Lipinski definition) is 1. The average Bonchev–Trinajstić information content (AvgIpc) is 2.95. The van der Waals surface area contributed by atoms with E-state index in [2.05, 4.69) is 15.6 Å². The van der Waals surface area contributed by atoms with Gasteiger partial charge < -0.3 is 5.32 Å². The molecule has 24 heavy (non-hydrogen) atoms. The Hall–Kier alpha value is -2.76. The number of nitrogens with zero attached hydrogens (tertiary/aromatic N) is 3. The predicted octanol–water partition coefficient (Wildman–Crippen LogP) is 3.60.